The van der Waals surface area contributed by atoms with Gasteiger partial charge in [0.05, 0.1) is 5.56 Å². The smallest absolute Gasteiger partial charge is 0.399 e. The van der Waals surface area contributed by atoms with Gasteiger partial charge in [-0.2, -0.15) is 13.2 Å². The molecule has 0 heterocycles. The molecule has 0 atom stereocenters. The predicted octanol–water partition coefficient (Wildman–Crippen LogP) is 3.42. The number of nitrogen functional groups attached to an aromatic ring is 1. The molecule has 0 spiro atoms. The van der Waals surface area contributed by atoms with Crippen molar-refractivity contribution in [1.29, 1.82) is 0 Å². The second kappa shape index (κ2) is 4.48. The van der Waals surface area contributed by atoms with Gasteiger partial charge in [0.15, 0.2) is 0 Å². The Morgan fingerprint density at radius 2 is 1.89 bits per heavy atom. The quantitative estimate of drug-likeness (QED) is 0.781. The zero-order valence-electron chi connectivity index (χ0n) is 9.55. The average molecular weight is 255 g/mol. The SMILES string of the molecule is Nc1ccc(C2=CCC(=O)CC2)c(C(F)(F)F)c1. The van der Waals surface area contributed by atoms with Crippen molar-refractivity contribution < 1.29 is 18.0 Å². The van der Waals surface area contributed by atoms with E-state index in [9.17, 15) is 18.0 Å². The third-order valence-electron chi connectivity index (χ3n) is 2.94. The van der Waals surface area contributed by atoms with Crippen molar-refractivity contribution in [3.63, 3.8) is 0 Å². The first-order valence-corrected chi connectivity index (χ1v) is 5.56. The fourth-order valence-corrected chi connectivity index (χ4v) is 2.04. The number of carbonyl (C=O) groups excluding carboxylic acids is 1. The van der Waals surface area contributed by atoms with Crippen LogP contribution in [0.15, 0.2) is 24.3 Å². The number of hydrogen-bond donors (Lipinski definition) is 1. The first-order chi connectivity index (χ1) is 8.38. The number of carbonyl (C=O) groups is 1. The third kappa shape index (κ3) is 2.55. The van der Waals surface area contributed by atoms with Gasteiger partial charge in [-0.15, -0.1) is 0 Å². The molecule has 1 aliphatic carbocycles. The van der Waals surface area contributed by atoms with Crippen molar-refractivity contribution in [2.24, 2.45) is 0 Å². The lowest BCUT2D eigenvalue weighted by Gasteiger charge is -2.18. The zero-order chi connectivity index (χ0) is 13.3. The van der Waals surface area contributed by atoms with Gasteiger partial charge in [0.2, 0.25) is 0 Å². The van der Waals surface area contributed by atoms with Gasteiger partial charge in [0.1, 0.15) is 5.78 Å². The van der Waals surface area contributed by atoms with Crippen LogP contribution in [0.4, 0.5) is 18.9 Å². The Bertz CT molecular complexity index is 517. The van der Waals surface area contributed by atoms with Crippen LogP contribution >= 0.6 is 0 Å². The lowest BCUT2D eigenvalue weighted by atomic mass is 9.90. The van der Waals surface area contributed by atoms with Gasteiger partial charge in [-0.1, -0.05) is 12.1 Å². The van der Waals surface area contributed by atoms with Gasteiger partial charge in [-0.25, -0.2) is 0 Å². The van der Waals surface area contributed by atoms with E-state index in [2.05, 4.69) is 0 Å². The van der Waals surface area contributed by atoms with Crippen molar-refractivity contribution in [2.75, 3.05) is 5.73 Å². The number of benzene rings is 1. The number of ketones is 1. The topological polar surface area (TPSA) is 43.1 Å². The molecule has 1 aromatic carbocycles. The number of halogens is 3. The van der Waals surface area contributed by atoms with E-state index in [0.717, 1.165) is 6.07 Å². The first-order valence-electron chi connectivity index (χ1n) is 5.56. The van der Waals surface area contributed by atoms with Crippen LogP contribution < -0.4 is 5.73 Å². The Labute approximate surface area is 102 Å². The Morgan fingerprint density at radius 1 is 1.17 bits per heavy atom. The third-order valence-corrected chi connectivity index (χ3v) is 2.94. The van der Waals surface area contributed by atoms with Crippen LogP contribution in [0, 0.1) is 0 Å². The van der Waals surface area contributed by atoms with Crippen molar-refractivity contribution >= 4 is 17.0 Å². The molecule has 96 valence electrons. The summed E-state index contributed by atoms with van der Waals surface area (Å²) in [5.74, 6) is 0.0581. The van der Waals surface area contributed by atoms with E-state index in [4.69, 9.17) is 5.73 Å². The lowest BCUT2D eigenvalue weighted by Crippen LogP contribution is -2.11. The number of hydrogen-bond acceptors (Lipinski definition) is 2. The highest BCUT2D eigenvalue weighted by atomic mass is 19.4. The molecular weight excluding hydrogens is 243 g/mol. The summed E-state index contributed by atoms with van der Waals surface area (Å²) in [7, 11) is 0. The molecule has 5 heteroatoms. The first kappa shape index (κ1) is 12.7. The molecule has 0 aromatic heterocycles. The van der Waals surface area contributed by atoms with E-state index in [0.29, 0.717) is 18.4 Å². The summed E-state index contributed by atoms with van der Waals surface area (Å²) in [5.41, 5.74) is 5.45. The number of Topliss-reactive ketones (excluding diaryl/α,β-unsaturated/α-hetero) is 1. The largest absolute Gasteiger partial charge is 0.417 e. The highest BCUT2D eigenvalue weighted by Gasteiger charge is 2.34. The number of anilines is 1. The molecule has 1 aromatic rings. The minimum Gasteiger partial charge on any atom is -0.399 e. The maximum absolute atomic E-state index is 12.9. The van der Waals surface area contributed by atoms with Crippen LogP contribution in [0.2, 0.25) is 0 Å². The molecule has 2 N–H and O–H groups in total. The molecule has 0 saturated carbocycles. The molecular formula is C13H12F3NO. The second-order valence-electron chi connectivity index (χ2n) is 4.27. The minimum atomic E-state index is -4.44. The van der Waals surface area contributed by atoms with Crippen LogP contribution in [-0.4, -0.2) is 5.78 Å². The maximum atomic E-state index is 12.9. The van der Waals surface area contributed by atoms with Gasteiger partial charge in [-0.05, 0) is 29.7 Å². The van der Waals surface area contributed by atoms with Crippen molar-refractivity contribution in [1.82, 2.24) is 0 Å². The fourth-order valence-electron chi connectivity index (χ4n) is 2.04. The molecule has 0 saturated heterocycles. The van der Waals surface area contributed by atoms with E-state index in [1.807, 2.05) is 0 Å². The fraction of sp³-hybridized carbons (Fsp3) is 0.308. The Balaban J connectivity index is 2.48. The molecule has 0 radical (unpaired) electrons. The van der Waals surface area contributed by atoms with Crippen LogP contribution in [0.1, 0.15) is 30.4 Å². The lowest BCUT2D eigenvalue weighted by molar-refractivity contribution is -0.137. The average Bonchev–Trinajstić information content (AvgIpc) is 2.29. The molecule has 1 aliphatic rings. The number of allylic oxidation sites excluding steroid dienone is 2. The highest BCUT2D eigenvalue weighted by molar-refractivity contribution is 5.87. The van der Waals surface area contributed by atoms with Gasteiger partial charge >= 0.3 is 6.18 Å². The molecule has 0 bridgehead atoms. The van der Waals surface area contributed by atoms with E-state index in [1.54, 1.807) is 6.08 Å². The van der Waals surface area contributed by atoms with E-state index >= 15 is 0 Å². The summed E-state index contributed by atoms with van der Waals surface area (Å²) in [4.78, 5) is 11.1. The van der Waals surface area contributed by atoms with E-state index in [1.165, 1.54) is 12.1 Å². The number of nitrogens with two attached hydrogens (primary N) is 1. The van der Waals surface area contributed by atoms with Crippen LogP contribution in [0.5, 0.6) is 0 Å². The van der Waals surface area contributed by atoms with Gasteiger partial charge in [-0.3, -0.25) is 4.79 Å². The van der Waals surface area contributed by atoms with Gasteiger partial charge < -0.3 is 5.73 Å². The molecule has 18 heavy (non-hydrogen) atoms. The monoisotopic (exact) mass is 255 g/mol. The van der Waals surface area contributed by atoms with Crippen LogP contribution in [0.25, 0.3) is 5.57 Å². The molecule has 2 rings (SSSR count). The zero-order valence-corrected chi connectivity index (χ0v) is 9.55. The standard InChI is InChI=1S/C13H12F3NO/c14-13(15,16)12-7-9(17)3-6-11(12)8-1-4-10(18)5-2-8/h1,3,6-7H,2,4-5,17H2. The molecule has 2 nitrogen and oxygen atoms in total. The second-order valence-corrected chi connectivity index (χ2v) is 4.27. The summed E-state index contributed by atoms with van der Waals surface area (Å²) >= 11 is 0. The predicted molar refractivity (Wildman–Crippen MR) is 62.7 cm³/mol. The summed E-state index contributed by atoms with van der Waals surface area (Å²) < 4.78 is 38.7. The maximum Gasteiger partial charge on any atom is 0.417 e. The van der Waals surface area contributed by atoms with Crippen molar-refractivity contribution in [3.05, 3.63) is 35.4 Å². The molecule has 0 amide bonds. The highest BCUT2D eigenvalue weighted by Crippen LogP contribution is 2.38. The molecule has 0 aliphatic heterocycles. The van der Waals surface area contributed by atoms with Crippen molar-refractivity contribution in [2.45, 2.75) is 25.4 Å². The summed E-state index contributed by atoms with van der Waals surface area (Å²) in [6, 6.07) is 3.76. The van der Waals surface area contributed by atoms with Gasteiger partial charge in [0.25, 0.3) is 0 Å². The Hall–Kier alpha value is -1.78. The summed E-state index contributed by atoms with van der Waals surface area (Å²) in [6.07, 6.45) is -2.00. The Kier molecular flexibility index (Phi) is 3.15. The molecule has 0 fully saturated rings. The minimum absolute atomic E-state index is 0.0581. The summed E-state index contributed by atoms with van der Waals surface area (Å²) in [6.45, 7) is 0. The number of rotatable bonds is 1. The van der Waals surface area contributed by atoms with Crippen LogP contribution in [0.3, 0.4) is 0 Å². The van der Waals surface area contributed by atoms with Crippen molar-refractivity contribution in [3.8, 4) is 0 Å². The normalized spacial score (nSPS) is 16.6. The van der Waals surface area contributed by atoms with Gasteiger partial charge in [0, 0.05) is 18.5 Å². The molecule has 0 unspecified atom stereocenters. The number of alkyl halides is 3. The van der Waals surface area contributed by atoms with Crippen LogP contribution in [-0.2, 0) is 11.0 Å². The summed E-state index contributed by atoms with van der Waals surface area (Å²) in [5, 5.41) is 0. The Morgan fingerprint density at radius 3 is 2.44 bits per heavy atom. The van der Waals surface area contributed by atoms with E-state index in [-0.39, 0.29) is 23.5 Å². The van der Waals surface area contributed by atoms with E-state index < -0.39 is 11.7 Å².